The fourth-order valence-electron chi connectivity index (χ4n) is 1.46. The summed E-state index contributed by atoms with van der Waals surface area (Å²) in [7, 11) is 0. The molecule has 0 saturated heterocycles. The highest BCUT2D eigenvalue weighted by Gasteiger charge is 2.10. The number of hydrogen-bond donors (Lipinski definition) is 2. The molecule has 0 aliphatic heterocycles. The molecule has 2 aromatic heterocycles. The predicted molar refractivity (Wildman–Crippen MR) is 69.7 cm³/mol. The van der Waals surface area contributed by atoms with Crippen LogP contribution in [0.2, 0.25) is 0 Å². The van der Waals surface area contributed by atoms with E-state index in [1.807, 2.05) is 13.8 Å². The van der Waals surface area contributed by atoms with E-state index in [1.54, 1.807) is 13.1 Å². The monoisotopic (exact) mass is 279 g/mol. The molecule has 9 heteroatoms. The molecular formula is C11H17N7O2. The van der Waals surface area contributed by atoms with Gasteiger partial charge >= 0.3 is 6.01 Å². The second kappa shape index (κ2) is 6.24. The molecule has 0 atom stereocenters. The van der Waals surface area contributed by atoms with Gasteiger partial charge in [-0.05, 0) is 0 Å². The molecular weight excluding hydrogens is 262 g/mol. The molecule has 0 fully saturated rings. The van der Waals surface area contributed by atoms with Gasteiger partial charge in [-0.3, -0.25) is 10.1 Å². The molecule has 2 heterocycles. The fraction of sp³-hybridized carbons (Fsp3) is 0.545. The first kappa shape index (κ1) is 14.1. The van der Waals surface area contributed by atoms with Crippen molar-refractivity contribution in [2.45, 2.75) is 39.9 Å². The third kappa shape index (κ3) is 4.12. The van der Waals surface area contributed by atoms with Crippen LogP contribution in [0.5, 0.6) is 0 Å². The highest BCUT2D eigenvalue weighted by molar-refractivity contribution is 5.88. The normalized spacial score (nSPS) is 11.0. The Morgan fingerprint density at radius 1 is 1.40 bits per heavy atom. The smallest absolute Gasteiger partial charge is 0.322 e. The van der Waals surface area contributed by atoms with Crippen molar-refractivity contribution in [1.29, 1.82) is 0 Å². The van der Waals surface area contributed by atoms with Crippen LogP contribution in [0, 0.1) is 6.92 Å². The van der Waals surface area contributed by atoms with E-state index in [-0.39, 0.29) is 18.5 Å². The third-order valence-corrected chi connectivity index (χ3v) is 2.36. The summed E-state index contributed by atoms with van der Waals surface area (Å²) >= 11 is 0. The molecule has 20 heavy (non-hydrogen) atoms. The minimum atomic E-state index is -0.304. The van der Waals surface area contributed by atoms with Crippen LogP contribution >= 0.6 is 0 Å². The van der Waals surface area contributed by atoms with Gasteiger partial charge in [0.15, 0.2) is 0 Å². The van der Waals surface area contributed by atoms with E-state index in [0.717, 1.165) is 5.69 Å². The van der Waals surface area contributed by atoms with Gasteiger partial charge in [-0.15, -0.1) is 10.2 Å². The lowest BCUT2D eigenvalue weighted by molar-refractivity contribution is -0.117. The van der Waals surface area contributed by atoms with Crippen molar-refractivity contribution in [3.05, 3.63) is 17.8 Å². The Morgan fingerprint density at radius 3 is 2.85 bits per heavy atom. The summed E-state index contributed by atoms with van der Waals surface area (Å²) in [6.45, 7) is 6.39. The largest absolute Gasteiger partial charge is 0.408 e. The first-order valence-electron chi connectivity index (χ1n) is 6.25. The lowest BCUT2D eigenvalue weighted by Gasteiger charge is -2.04. The van der Waals surface area contributed by atoms with E-state index in [9.17, 15) is 4.79 Å². The number of aryl methyl sites for hydroxylation is 1. The minimum absolute atomic E-state index is 0.0378. The topological polar surface area (TPSA) is 111 Å². The highest BCUT2D eigenvalue weighted by Crippen LogP contribution is 2.03. The Bertz CT molecular complexity index is 575. The van der Waals surface area contributed by atoms with Crippen LogP contribution < -0.4 is 10.6 Å². The number of carbonyl (C=O) groups is 1. The SMILES string of the molecule is Cc1nnc(NC(=O)Cn2cc(CNC(C)C)nn2)o1. The van der Waals surface area contributed by atoms with Crippen LogP contribution in [-0.2, 0) is 17.9 Å². The average molecular weight is 279 g/mol. The van der Waals surface area contributed by atoms with Gasteiger partial charge in [0.05, 0.1) is 11.9 Å². The number of aromatic nitrogens is 5. The second-order valence-corrected chi connectivity index (χ2v) is 4.62. The van der Waals surface area contributed by atoms with E-state index in [0.29, 0.717) is 18.5 Å². The van der Waals surface area contributed by atoms with Gasteiger partial charge in [-0.1, -0.05) is 24.2 Å². The number of carbonyl (C=O) groups excluding carboxylic acids is 1. The van der Waals surface area contributed by atoms with Crippen LogP contribution in [-0.4, -0.2) is 37.1 Å². The summed E-state index contributed by atoms with van der Waals surface area (Å²) in [6.07, 6.45) is 1.72. The van der Waals surface area contributed by atoms with Crippen LogP contribution in [0.15, 0.2) is 10.6 Å². The molecule has 0 radical (unpaired) electrons. The zero-order valence-corrected chi connectivity index (χ0v) is 11.6. The first-order valence-corrected chi connectivity index (χ1v) is 6.25. The molecule has 9 nitrogen and oxygen atoms in total. The van der Waals surface area contributed by atoms with E-state index in [4.69, 9.17) is 4.42 Å². The maximum absolute atomic E-state index is 11.7. The van der Waals surface area contributed by atoms with Gasteiger partial charge in [0.1, 0.15) is 6.54 Å². The Hall–Kier alpha value is -2.29. The number of nitrogens with one attached hydrogen (secondary N) is 2. The summed E-state index contributed by atoms with van der Waals surface area (Å²) in [5, 5.41) is 20.9. The summed E-state index contributed by atoms with van der Waals surface area (Å²) in [4.78, 5) is 11.7. The maximum Gasteiger partial charge on any atom is 0.322 e. The molecule has 2 N–H and O–H groups in total. The van der Waals surface area contributed by atoms with Gasteiger partial charge in [0.2, 0.25) is 11.8 Å². The average Bonchev–Trinajstić information content (AvgIpc) is 2.96. The van der Waals surface area contributed by atoms with Crippen LogP contribution in [0.4, 0.5) is 6.01 Å². The fourth-order valence-corrected chi connectivity index (χ4v) is 1.46. The Kier molecular flexibility index (Phi) is 4.41. The molecule has 2 rings (SSSR count). The lowest BCUT2D eigenvalue weighted by Crippen LogP contribution is -2.22. The van der Waals surface area contributed by atoms with Crippen molar-refractivity contribution < 1.29 is 9.21 Å². The molecule has 0 aliphatic carbocycles. The standard InChI is InChI=1S/C11H17N7O2/c1-7(2)12-4-9-5-18(17-15-9)6-10(19)13-11-16-14-8(3)20-11/h5,7,12H,4,6H2,1-3H3,(H,13,16,19). The van der Waals surface area contributed by atoms with Crippen molar-refractivity contribution in [3.63, 3.8) is 0 Å². The molecule has 108 valence electrons. The Balaban J connectivity index is 1.85. The van der Waals surface area contributed by atoms with Gasteiger partial charge in [0.25, 0.3) is 0 Å². The Morgan fingerprint density at radius 2 is 2.20 bits per heavy atom. The van der Waals surface area contributed by atoms with Gasteiger partial charge in [-0.2, -0.15) is 0 Å². The van der Waals surface area contributed by atoms with Gasteiger partial charge in [-0.25, -0.2) is 4.68 Å². The molecule has 0 unspecified atom stereocenters. The summed E-state index contributed by atoms with van der Waals surface area (Å²) in [6, 6.07) is 0.443. The van der Waals surface area contributed by atoms with E-state index in [1.165, 1.54) is 4.68 Å². The number of hydrogen-bond acceptors (Lipinski definition) is 7. The van der Waals surface area contributed by atoms with Crippen molar-refractivity contribution in [3.8, 4) is 0 Å². The Labute approximate surface area is 115 Å². The van der Waals surface area contributed by atoms with E-state index >= 15 is 0 Å². The molecule has 2 aromatic rings. The number of anilines is 1. The summed E-state index contributed by atoms with van der Waals surface area (Å²) in [5.41, 5.74) is 0.778. The molecule has 0 aliphatic rings. The first-order chi connectivity index (χ1) is 9.52. The van der Waals surface area contributed by atoms with Gasteiger partial charge < -0.3 is 9.73 Å². The molecule has 0 bridgehead atoms. The van der Waals surface area contributed by atoms with E-state index < -0.39 is 0 Å². The third-order valence-electron chi connectivity index (χ3n) is 2.36. The lowest BCUT2D eigenvalue weighted by atomic mass is 10.3. The quantitative estimate of drug-likeness (QED) is 0.771. The van der Waals surface area contributed by atoms with Crippen molar-refractivity contribution in [2.24, 2.45) is 0 Å². The van der Waals surface area contributed by atoms with E-state index in [2.05, 4.69) is 31.1 Å². The number of nitrogens with zero attached hydrogens (tertiary/aromatic N) is 5. The van der Waals surface area contributed by atoms with Crippen molar-refractivity contribution in [2.75, 3.05) is 5.32 Å². The molecule has 0 aromatic carbocycles. The zero-order valence-electron chi connectivity index (χ0n) is 11.6. The summed E-state index contributed by atoms with van der Waals surface area (Å²) in [5.74, 6) is 0.0880. The number of rotatable bonds is 6. The molecule has 0 spiro atoms. The predicted octanol–water partition coefficient (Wildman–Crippen LogP) is 0.106. The van der Waals surface area contributed by atoms with Gasteiger partial charge in [0, 0.05) is 19.5 Å². The van der Waals surface area contributed by atoms with Crippen molar-refractivity contribution >= 4 is 11.9 Å². The summed E-state index contributed by atoms with van der Waals surface area (Å²) < 4.78 is 6.51. The minimum Gasteiger partial charge on any atom is -0.408 e. The van der Waals surface area contributed by atoms with Crippen LogP contribution in [0.3, 0.4) is 0 Å². The maximum atomic E-state index is 11.7. The van der Waals surface area contributed by atoms with Crippen LogP contribution in [0.1, 0.15) is 25.4 Å². The number of amides is 1. The second-order valence-electron chi connectivity index (χ2n) is 4.62. The highest BCUT2D eigenvalue weighted by atomic mass is 16.4. The molecule has 1 amide bonds. The van der Waals surface area contributed by atoms with Crippen molar-refractivity contribution in [1.82, 2.24) is 30.5 Å². The molecule has 0 saturated carbocycles. The van der Waals surface area contributed by atoms with Crippen LogP contribution in [0.25, 0.3) is 0 Å². The zero-order chi connectivity index (χ0) is 14.5.